The van der Waals surface area contributed by atoms with Crippen LogP contribution < -0.4 is 4.90 Å². The maximum absolute atomic E-state index is 12.5. The lowest BCUT2D eigenvalue weighted by Gasteiger charge is -2.24. The lowest BCUT2D eigenvalue weighted by molar-refractivity contribution is -0.137. The fourth-order valence-electron chi connectivity index (χ4n) is 1.83. The van der Waals surface area contributed by atoms with Gasteiger partial charge < -0.3 is 5.11 Å². The molecule has 0 spiro atoms. The maximum atomic E-state index is 12.5. The smallest absolute Gasteiger partial charge is 0.323 e. The Balaban J connectivity index is 2.31. The van der Waals surface area contributed by atoms with E-state index in [0.29, 0.717) is 10.7 Å². The minimum Gasteiger partial charge on any atom is -0.480 e. The van der Waals surface area contributed by atoms with Gasteiger partial charge >= 0.3 is 5.97 Å². The van der Waals surface area contributed by atoms with Crippen molar-refractivity contribution in [2.75, 3.05) is 11.4 Å². The first kappa shape index (κ1) is 15.0. The summed E-state index contributed by atoms with van der Waals surface area (Å²) in [5, 5.41) is 13.3. The van der Waals surface area contributed by atoms with Crippen LogP contribution in [0.5, 0.6) is 0 Å². The van der Waals surface area contributed by atoms with Gasteiger partial charge in [0.2, 0.25) is 0 Å². The maximum Gasteiger partial charge on any atom is 0.323 e. The van der Waals surface area contributed by atoms with Crippen molar-refractivity contribution < 1.29 is 14.7 Å². The van der Waals surface area contributed by atoms with Gasteiger partial charge in [0.15, 0.2) is 0 Å². The molecule has 1 N–H and O–H groups in total. The van der Waals surface area contributed by atoms with E-state index in [0.717, 1.165) is 4.90 Å². The highest BCUT2D eigenvalue weighted by Gasteiger charge is 2.25. The number of benzene rings is 1. The van der Waals surface area contributed by atoms with Crippen molar-refractivity contribution in [3.05, 3.63) is 41.9 Å². The van der Waals surface area contributed by atoms with E-state index in [2.05, 4.69) is 10.1 Å². The molecule has 1 atom stereocenters. The number of carboxylic acids is 1. The summed E-state index contributed by atoms with van der Waals surface area (Å²) in [6.07, 6.45) is 2.71. The standard InChI is InChI=1S/C13H13ClN4O3/c1-9(18-8-15-7-16-18)13(21)17(6-12(19)20)11-4-2-3-10(14)5-11/h2-5,7-9H,6H2,1H3,(H,19,20). The van der Waals surface area contributed by atoms with Crippen molar-refractivity contribution in [1.29, 1.82) is 0 Å². The molecule has 0 aliphatic rings. The molecule has 0 radical (unpaired) electrons. The predicted octanol–water partition coefficient (Wildman–Crippen LogP) is 1.61. The van der Waals surface area contributed by atoms with E-state index in [4.69, 9.17) is 16.7 Å². The zero-order valence-corrected chi connectivity index (χ0v) is 11.9. The van der Waals surface area contributed by atoms with Crippen LogP contribution in [-0.2, 0) is 9.59 Å². The number of nitrogens with zero attached hydrogens (tertiary/aromatic N) is 4. The molecule has 1 aromatic carbocycles. The van der Waals surface area contributed by atoms with Crippen molar-refractivity contribution in [1.82, 2.24) is 14.8 Å². The predicted molar refractivity (Wildman–Crippen MR) is 76.2 cm³/mol. The molecule has 0 bridgehead atoms. The van der Waals surface area contributed by atoms with E-state index < -0.39 is 24.5 Å². The molecular weight excluding hydrogens is 296 g/mol. The molecule has 0 saturated carbocycles. The second kappa shape index (κ2) is 6.36. The number of hydrogen-bond donors (Lipinski definition) is 1. The van der Waals surface area contributed by atoms with E-state index in [1.54, 1.807) is 25.1 Å². The van der Waals surface area contributed by atoms with Crippen LogP contribution >= 0.6 is 11.6 Å². The van der Waals surface area contributed by atoms with E-state index >= 15 is 0 Å². The Kier molecular flexibility index (Phi) is 4.54. The zero-order chi connectivity index (χ0) is 15.4. The zero-order valence-electron chi connectivity index (χ0n) is 11.2. The molecule has 1 aromatic heterocycles. The summed E-state index contributed by atoms with van der Waals surface area (Å²) >= 11 is 5.90. The summed E-state index contributed by atoms with van der Waals surface area (Å²) in [7, 11) is 0. The molecular formula is C13H13ClN4O3. The van der Waals surface area contributed by atoms with Gasteiger partial charge in [-0.3, -0.25) is 14.5 Å². The second-order valence-electron chi connectivity index (χ2n) is 4.35. The first-order chi connectivity index (χ1) is 9.99. The number of carbonyl (C=O) groups excluding carboxylic acids is 1. The Morgan fingerprint density at radius 3 is 2.81 bits per heavy atom. The molecule has 0 aliphatic heterocycles. The van der Waals surface area contributed by atoms with Gasteiger partial charge in [-0.15, -0.1) is 0 Å². The number of halogens is 1. The number of rotatable bonds is 5. The number of carbonyl (C=O) groups is 2. The number of aliphatic carboxylic acids is 1. The van der Waals surface area contributed by atoms with Crippen LogP contribution in [0.4, 0.5) is 5.69 Å². The van der Waals surface area contributed by atoms with Crippen LogP contribution in [0.15, 0.2) is 36.9 Å². The van der Waals surface area contributed by atoms with Crippen molar-refractivity contribution >= 4 is 29.2 Å². The molecule has 1 heterocycles. The molecule has 8 heteroatoms. The van der Waals surface area contributed by atoms with E-state index in [1.807, 2.05) is 0 Å². The average Bonchev–Trinajstić information content (AvgIpc) is 2.97. The van der Waals surface area contributed by atoms with Crippen molar-refractivity contribution in [3.63, 3.8) is 0 Å². The van der Waals surface area contributed by atoms with Crippen LogP contribution in [-0.4, -0.2) is 38.3 Å². The molecule has 21 heavy (non-hydrogen) atoms. The highest BCUT2D eigenvalue weighted by molar-refractivity contribution is 6.31. The number of carboxylic acid groups (broad SMARTS) is 1. The number of hydrogen-bond acceptors (Lipinski definition) is 4. The first-order valence-corrected chi connectivity index (χ1v) is 6.49. The molecule has 2 rings (SSSR count). The van der Waals surface area contributed by atoms with E-state index in [-0.39, 0.29) is 0 Å². The second-order valence-corrected chi connectivity index (χ2v) is 4.79. The Bertz CT molecular complexity index is 645. The van der Waals surface area contributed by atoms with Crippen LogP contribution in [0.2, 0.25) is 5.02 Å². The fraction of sp³-hybridized carbons (Fsp3) is 0.231. The summed E-state index contributed by atoms with van der Waals surface area (Å²) < 4.78 is 1.36. The molecule has 1 unspecified atom stereocenters. The average molecular weight is 309 g/mol. The molecule has 1 amide bonds. The summed E-state index contributed by atoms with van der Waals surface area (Å²) in [5.41, 5.74) is 0.418. The molecule has 2 aromatic rings. The monoisotopic (exact) mass is 308 g/mol. The highest BCUT2D eigenvalue weighted by atomic mass is 35.5. The third-order valence-electron chi connectivity index (χ3n) is 2.87. The van der Waals surface area contributed by atoms with Crippen LogP contribution in [0.25, 0.3) is 0 Å². The third-order valence-corrected chi connectivity index (χ3v) is 3.11. The largest absolute Gasteiger partial charge is 0.480 e. The molecule has 0 fully saturated rings. The minimum atomic E-state index is -1.12. The molecule has 110 valence electrons. The topological polar surface area (TPSA) is 88.3 Å². The van der Waals surface area contributed by atoms with Crippen LogP contribution in [0.1, 0.15) is 13.0 Å². The summed E-state index contributed by atoms with van der Waals surface area (Å²) in [6, 6.07) is 5.79. The van der Waals surface area contributed by atoms with Gasteiger partial charge in [0.1, 0.15) is 25.2 Å². The van der Waals surface area contributed by atoms with E-state index in [1.165, 1.54) is 23.4 Å². The van der Waals surface area contributed by atoms with Crippen LogP contribution in [0, 0.1) is 0 Å². The van der Waals surface area contributed by atoms with Crippen molar-refractivity contribution in [2.45, 2.75) is 13.0 Å². The third kappa shape index (κ3) is 3.57. The van der Waals surface area contributed by atoms with Gasteiger partial charge in [-0.2, -0.15) is 5.10 Å². The Morgan fingerprint density at radius 2 is 2.24 bits per heavy atom. The van der Waals surface area contributed by atoms with Gasteiger partial charge in [0.05, 0.1) is 0 Å². The minimum absolute atomic E-state index is 0.412. The quantitative estimate of drug-likeness (QED) is 0.906. The fourth-order valence-corrected chi connectivity index (χ4v) is 2.02. The molecule has 0 aliphatic carbocycles. The summed E-state index contributed by atoms with van der Waals surface area (Å²) in [6.45, 7) is 1.16. The Morgan fingerprint density at radius 1 is 1.48 bits per heavy atom. The van der Waals surface area contributed by atoms with Crippen LogP contribution in [0.3, 0.4) is 0 Å². The Labute approximate surface area is 125 Å². The summed E-state index contributed by atoms with van der Waals surface area (Å²) in [5.74, 6) is -1.53. The lowest BCUT2D eigenvalue weighted by Crippen LogP contribution is -2.40. The lowest BCUT2D eigenvalue weighted by atomic mass is 10.2. The highest BCUT2D eigenvalue weighted by Crippen LogP contribution is 2.22. The van der Waals surface area contributed by atoms with Gasteiger partial charge in [-0.25, -0.2) is 9.67 Å². The Hall–Kier alpha value is -2.41. The van der Waals surface area contributed by atoms with Gasteiger partial charge in [-0.05, 0) is 25.1 Å². The number of amides is 1. The number of anilines is 1. The van der Waals surface area contributed by atoms with E-state index in [9.17, 15) is 9.59 Å². The summed E-state index contributed by atoms with van der Waals surface area (Å²) in [4.78, 5) is 28.5. The van der Waals surface area contributed by atoms with Gasteiger partial charge in [0, 0.05) is 10.7 Å². The van der Waals surface area contributed by atoms with Crippen molar-refractivity contribution in [3.8, 4) is 0 Å². The molecule has 0 saturated heterocycles. The van der Waals surface area contributed by atoms with Gasteiger partial charge in [0.25, 0.3) is 5.91 Å². The molecule has 7 nitrogen and oxygen atoms in total. The number of aromatic nitrogens is 3. The van der Waals surface area contributed by atoms with Crippen molar-refractivity contribution in [2.24, 2.45) is 0 Å². The first-order valence-electron chi connectivity index (χ1n) is 6.12. The van der Waals surface area contributed by atoms with Gasteiger partial charge in [-0.1, -0.05) is 17.7 Å². The normalized spacial score (nSPS) is 11.9. The SMILES string of the molecule is CC(C(=O)N(CC(=O)O)c1cccc(Cl)c1)n1cncn1.